The summed E-state index contributed by atoms with van der Waals surface area (Å²) < 4.78 is 12.8. The first-order valence-electron chi connectivity index (χ1n) is 6.12. The van der Waals surface area contributed by atoms with Gasteiger partial charge in [-0.05, 0) is 42.2 Å². The number of benzene rings is 2. The highest BCUT2D eigenvalue weighted by atomic mass is 19.1. The zero-order valence-corrected chi connectivity index (χ0v) is 10.7. The summed E-state index contributed by atoms with van der Waals surface area (Å²) >= 11 is 0. The van der Waals surface area contributed by atoms with Gasteiger partial charge in [0.05, 0.1) is 5.60 Å². The van der Waals surface area contributed by atoms with E-state index in [1.165, 1.54) is 12.1 Å². The molecule has 0 aromatic heterocycles. The molecule has 0 bridgehead atoms. The summed E-state index contributed by atoms with van der Waals surface area (Å²) in [5.74, 6) is -0.232. The van der Waals surface area contributed by atoms with Crippen LogP contribution in [0.5, 0.6) is 0 Å². The Morgan fingerprint density at radius 2 is 1.39 bits per heavy atom. The number of rotatable bonds is 3. The van der Waals surface area contributed by atoms with E-state index in [1.54, 1.807) is 19.1 Å². The van der Waals surface area contributed by atoms with Crippen molar-refractivity contribution >= 4 is 0 Å². The quantitative estimate of drug-likeness (QED) is 0.861. The molecule has 2 aromatic rings. The minimum Gasteiger partial charge on any atom is -0.385 e. The first-order chi connectivity index (χ1) is 8.53. The van der Waals surface area contributed by atoms with Gasteiger partial charge in [0, 0.05) is 0 Å². The molecule has 0 aliphatic carbocycles. The van der Waals surface area contributed by atoms with Crippen molar-refractivity contribution in [1.82, 2.24) is 0 Å². The minimum atomic E-state index is -0.790. The summed E-state index contributed by atoms with van der Waals surface area (Å²) in [4.78, 5) is 0. The van der Waals surface area contributed by atoms with Crippen molar-refractivity contribution in [2.24, 2.45) is 0 Å². The van der Waals surface area contributed by atoms with E-state index in [9.17, 15) is 9.50 Å². The molecular weight excluding hydrogens is 227 g/mol. The van der Waals surface area contributed by atoms with Crippen LogP contribution in [0.15, 0.2) is 48.5 Å². The maximum absolute atomic E-state index is 12.8. The van der Waals surface area contributed by atoms with Crippen molar-refractivity contribution in [3.05, 3.63) is 59.9 Å². The van der Waals surface area contributed by atoms with Crippen molar-refractivity contribution in [3.63, 3.8) is 0 Å². The Morgan fingerprint density at radius 3 is 1.83 bits per heavy atom. The first kappa shape index (κ1) is 12.8. The summed E-state index contributed by atoms with van der Waals surface area (Å²) in [7, 11) is 0. The molecule has 2 aromatic carbocycles. The summed E-state index contributed by atoms with van der Waals surface area (Å²) in [6.45, 7) is 3.76. The van der Waals surface area contributed by atoms with E-state index in [-0.39, 0.29) is 5.82 Å². The van der Waals surface area contributed by atoms with Crippen LogP contribution < -0.4 is 0 Å². The summed E-state index contributed by atoms with van der Waals surface area (Å²) in [6.07, 6.45) is 0.670. The number of aliphatic hydroxyl groups is 1. The van der Waals surface area contributed by atoms with E-state index < -0.39 is 5.60 Å². The monoisotopic (exact) mass is 244 g/mol. The van der Waals surface area contributed by atoms with Gasteiger partial charge in [0.1, 0.15) is 5.82 Å². The Morgan fingerprint density at radius 1 is 0.944 bits per heavy atom. The fraction of sp³-hybridized carbons (Fsp3) is 0.250. The highest BCUT2D eigenvalue weighted by molar-refractivity contribution is 5.63. The van der Waals surface area contributed by atoms with Crippen LogP contribution in [0.4, 0.5) is 4.39 Å². The Balaban J connectivity index is 2.30. The lowest BCUT2D eigenvalue weighted by atomic mass is 9.92. The smallest absolute Gasteiger partial charge is 0.123 e. The molecule has 0 amide bonds. The highest BCUT2D eigenvalue weighted by Gasteiger charge is 2.19. The summed E-state index contributed by atoms with van der Waals surface area (Å²) in [5.41, 5.74) is 2.10. The molecule has 0 fully saturated rings. The molecule has 0 saturated heterocycles. The molecule has 18 heavy (non-hydrogen) atoms. The lowest BCUT2D eigenvalue weighted by Crippen LogP contribution is -2.19. The molecular formula is C16H17FO. The van der Waals surface area contributed by atoms with Crippen molar-refractivity contribution in [1.29, 1.82) is 0 Å². The lowest BCUT2D eigenvalue weighted by Gasteiger charge is -2.22. The highest BCUT2D eigenvalue weighted by Crippen LogP contribution is 2.27. The van der Waals surface area contributed by atoms with Crippen LogP contribution in [0.3, 0.4) is 0 Å². The van der Waals surface area contributed by atoms with Gasteiger partial charge in [0.15, 0.2) is 0 Å². The Labute approximate surface area is 107 Å². The fourth-order valence-corrected chi connectivity index (χ4v) is 1.87. The van der Waals surface area contributed by atoms with Crippen LogP contribution in [-0.4, -0.2) is 5.11 Å². The van der Waals surface area contributed by atoms with E-state index in [0.717, 1.165) is 16.7 Å². The molecule has 2 rings (SSSR count). The second-order valence-electron chi connectivity index (χ2n) is 4.71. The summed E-state index contributed by atoms with van der Waals surface area (Å²) in [5, 5.41) is 10.1. The lowest BCUT2D eigenvalue weighted by molar-refractivity contribution is 0.0531. The SMILES string of the molecule is CCC(C)(O)c1ccc(-c2ccc(F)cc2)cc1. The molecule has 0 spiro atoms. The minimum absolute atomic E-state index is 0.232. The standard InChI is InChI=1S/C16H17FO/c1-3-16(2,18)14-8-4-12(5-9-14)13-6-10-15(17)11-7-13/h4-11,18H,3H2,1-2H3. The average molecular weight is 244 g/mol. The van der Waals surface area contributed by atoms with Crippen molar-refractivity contribution in [2.45, 2.75) is 25.9 Å². The molecule has 0 aliphatic rings. The van der Waals surface area contributed by atoms with Crippen LogP contribution in [0.2, 0.25) is 0 Å². The molecule has 1 N–H and O–H groups in total. The van der Waals surface area contributed by atoms with Crippen LogP contribution in [0.25, 0.3) is 11.1 Å². The third-order valence-electron chi connectivity index (χ3n) is 3.37. The van der Waals surface area contributed by atoms with Gasteiger partial charge in [-0.15, -0.1) is 0 Å². The average Bonchev–Trinajstić information content (AvgIpc) is 2.40. The van der Waals surface area contributed by atoms with Crippen LogP contribution >= 0.6 is 0 Å². The third-order valence-corrected chi connectivity index (χ3v) is 3.37. The Hall–Kier alpha value is -1.67. The van der Waals surface area contributed by atoms with Gasteiger partial charge in [-0.1, -0.05) is 43.3 Å². The fourth-order valence-electron chi connectivity index (χ4n) is 1.87. The second-order valence-corrected chi connectivity index (χ2v) is 4.71. The maximum atomic E-state index is 12.8. The zero-order valence-electron chi connectivity index (χ0n) is 10.7. The molecule has 0 aliphatic heterocycles. The molecule has 0 heterocycles. The molecule has 2 heteroatoms. The van der Waals surface area contributed by atoms with E-state index in [1.807, 2.05) is 31.2 Å². The maximum Gasteiger partial charge on any atom is 0.123 e. The topological polar surface area (TPSA) is 20.2 Å². The van der Waals surface area contributed by atoms with Crippen LogP contribution in [0, 0.1) is 5.82 Å². The number of halogens is 1. The van der Waals surface area contributed by atoms with Crippen molar-refractivity contribution in [3.8, 4) is 11.1 Å². The van der Waals surface area contributed by atoms with Gasteiger partial charge < -0.3 is 5.11 Å². The van der Waals surface area contributed by atoms with Gasteiger partial charge in [-0.2, -0.15) is 0 Å². The van der Waals surface area contributed by atoms with Gasteiger partial charge in [-0.3, -0.25) is 0 Å². The first-order valence-corrected chi connectivity index (χ1v) is 6.12. The largest absolute Gasteiger partial charge is 0.385 e. The summed E-state index contributed by atoms with van der Waals surface area (Å²) in [6, 6.07) is 14.1. The Bertz CT molecular complexity index is 512. The van der Waals surface area contributed by atoms with E-state index >= 15 is 0 Å². The number of hydrogen-bond acceptors (Lipinski definition) is 1. The third kappa shape index (κ3) is 2.59. The van der Waals surface area contributed by atoms with Crippen LogP contribution in [0.1, 0.15) is 25.8 Å². The zero-order chi connectivity index (χ0) is 13.2. The predicted octanol–water partition coefficient (Wildman–Crippen LogP) is 4.11. The van der Waals surface area contributed by atoms with Gasteiger partial charge in [-0.25, -0.2) is 4.39 Å². The van der Waals surface area contributed by atoms with Crippen molar-refractivity contribution < 1.29 is 9.50 Å². The van der Waals surface area contributed by atoms with E-state index in [4.69, 9.17) is 0 Å². The molecule has 1 nitrogen and oxygen atoms in total. The van der Waals surface area contributed by atoms with E-state index in [0.29, 0.717) is 6.42 Å². The normalized spacial score (nSPS) is 14.2. The predicted molar refractivity (Wildman–Crippen MR) is 71.7 cm³/mol. The van der Waals surface area contributed by atoms with Crippen molar-refractivity contribution in [2.75, 3.05) is 0 Å². The Kier molecular flexibility index (Phi) is 3.48. The molecule has 0 radical (unpaired) electrons. The van der Waals surface area contributed by atoms with Gasteiger partial charge in [0.25, 0.3) is 0 Å². The number of hydrogen-bond donors (Lipinski definition) is 1. The molecule has 0 saturated carbocycles. The molecule has 1 atom stereocenters. The van der Waals surface area contributed by atoms with Crippen LogP contribution in [-0.2, 0) is 5.60 Å². The molecule has 1 unspecified atom stereocenters. The second kappa shape index (κ2) is 4.91. The van der Waals surface area contributed by atoms with Gasteiger partial charge >= 0.3 is 0 Å². The van der Waals surface area contributed by atoms with E-state index in [2.05, 4.69) is 0 Å². The molecule has 94 valence electrons. The van der Waals surface area contributed by atoms with Gasteiger partial charge in [0.2, 0.25) is 0 Å².